The molecule has 1 saturated carbocycles. The maximum absolute atomic E-state index is 12.1. The first kappa shape index (κ1) is 13.0. The van der Waals surface area contributed by atoms with E-state index in [-0.39, 0.29) is 24.4 Å². The first-order valence-electron chi connectivity index (χ1n) is 7.14. The molecule has 1 heterocycles. The predicted octanol–water partition coefficient (Wildman–Crippen LogP) is 0.808. The number of benzene rings is 1. The Labute approximate surface area is 118 Å². The Balaban J connectivity index is 1.49. The molecular weight excluding hydrogens is 254 g/mol. The van der Waals surface area contributed by atoms with Crippen molar-refractivity contribution in [2.24, 2.45) is 0 Å². The summed E-state index contributed by atoms with van der Waals surface area (Å²) in [6.07, 6.45) is 3.75. The van der Waals surface area contributed by atoms with E-state index in [2.05, 4.69) is 22.0 Å². The van der Waals surface area contributed by atoms with Crippen molar-refractivity contribution in [3.05, 3.63) is 29.8 Å². The van der Waals surface area contributed by atoms with Crippen LogP contribution in [-0.4, -0.2) is 30.4 Å². The molecule has 0 bridgehead atoms. The van der Waals surface area contributed by atoms with Crippen LogP contribution in [0.4, 0.5) is 5.69 Å². The van der Waals surface area contributed by atoms with Gasteiger partial charge in [0.2, 0.25) is 11.8 Å². The van der Waals surface area contributed by atoms with Crippen LogP contribution in [-0.2, 0) is 16.0 Å². The summed E-state index contributed by atoms with van der Waals surface area (Å²) in [6, 6.07) is 8.09. The van der Waals surface area contributed by atoms with E-state index in [0.29, 0.717) is 6.04 Å². The third kappa shape index (κ3) is 3.10. The average Bonchev–Trinajstić information content (AvgIpc) is 3.28. The van der Waals surface area contributed by atoms with Gasteiger partial charge >= 0.3 is 0 Å². The van der Waals surface area contributed by atoms with Crippen LogP contribution in [0.15, 0.2) is 24.3 Å². The second-order valence-electron chi connectivity index (χ2n) is 5.45. The third-order valence-electron chi connectivity index (χ3n) is 3.73. The van der Waals surface area contributed by atoms with Crippen LogP contribution in [0.25, 0.3) is 0 Å². The minimum absolute atomic E-state index is 0.0646. The van der Waals surface area contributed by atoms with E-state index in [9.17, 15) is 9.59 Å². The van der Waals surface area contributed by atoms with Crippen LogP contribution < -0.4 is 16.0 Å². The van der Waals surface area contributed by atoms with Crippen LogP contribution in [0.5, 0.6) is 0 Å². The van der Waals surface area contributed by atoms with Crippen molar-refractivity contribution in [1.29, 1.82) is 0 Å². The van der Waals surface area contributed by atoms with E-state index in [4.69, 9.17) is 0 Å². The molecule has 3 rings (SSSR count). The molecule has 1 unspecified atom stereocenters. The summed E-state index contributed by atoms with van der Waals surface area (Å²) < 4.78 is 0. The van der Waals surface area contributed by atoms with Gasteiger partial charge in [0.15, 0.2) is 0 Å². The smallest absolute Gasteiger partial charge is 0.242 e. The highest BCUT2D eigenvalue weighted by atomic mass is 16.2. The highest BCUT2D eigenvalue weighted by Gasteiger charge is 2.25. The van der Waals surface area contributed by atoms with Crippen LogP contribution in [0, 0.1) is 0 Å². The monoisotopic (exact) mass is 273 g/mol. The van der Waals surface area contributed by atoms with E-state index in [1.54, 1.807) is 0 Å². The van der Waals surface area contributed by atoms with Gasteiger partial charge in [0.1, 0.15) is 6.04 Å². The Morgan fingerprint density at radius 1 is 1.20 bits per heavy atom. The van der Waals surface area contributed by atoms with Crippen molar-refractivity contribution >= 4 is 17.5 Å². The molecule has 1 aromatic carbocycles. The first-order chi connectivity index (χ1) is 9.72. The summed E-state index contributed by atoms with van der Waals surface area (Å²) in [7, 11) is 0. The SMILES string of the molecule is O=C(CNC(=O)C1CCc2ccccc2N1)NC1CC1. The zero-order chi connectivity index (χ0) is 13.9. The van der Waals surface area contributed by atoms with Crippen molar-refractivity contribution in [2.75, 3.05) is 11.9 Å². The lowest BCUT2D eigenvalue weighted by atomic mass is 9.98. The summed E-state index contributed by atoms with van der Waals surface area (Å²) in [6.45, 7) is 0.0646. The largest absolute Gasteiger partial charge is 0.373 e. The van der Waals surface area contributed by atoms with Gasteiger partial charge in [-0.3, -0.25) is 9.59 Å². The Kier molecular flexibility index (Phi) is 3.58. The molecule has 0 aromatic heterocycles. The van der Waals surface area contributed by atoms with E-state index in [1.807, 2.05) is 18.2 Å². The number of carbonyl (C=O) groups is 2. The molecule has 1 aromatic rings. The second kappa shape index (κ2) is 5.53. The van der Waals surface area contributed by atoms with Crippen molar-refractivity contribution in [3.8, 4) is 0 Å². The van der Waals surface area contributed by atoms with Gasteiger partial charge < -0.3 is 16.0 Å². The fraction of sp³-hybridized carbons (Fsp3) is 0.467. The topological polar surface area (TPSA) is 70.2 Å². The molecule has 3 N–H and O–H groups in total. The van der Waals surface area contributed by atoms with Gasteiger partial charge in [0.25, 0.3) is 0 Å². The van der Waals surface area contributed by atoms with E-state index in [0.717, 1.165) is 31.4 Å². The lowest BCUT2D eigenvalue weighted by molar-refractivity contribution is -0.126. The molecule has 1 fully saturated rings. The van der Waals surface area contributed by atoms with Crippen molar-refractivity contribution in [2.45, 2.75) is 37.8 Å². The van der Waals surface area contributed by atoms with Gasteiger partial charge in [-0.2, -0.15) is 0 Å². The Hall–Kier alpha value is -2.04. The second-order valence-corrected chi connectivity index (χ2v) is 5.45. The number of nitrogens with one attached hydrogen (secondary N) is 3. The Morgan fingerprint density at radius 2 is 2.00 bits per heavy atom. The highest BCUT2D eigenvalue weighted by molar-refractivity contribution is 5.89. The zero-order valence-corrected chi connectivity index (χ0v) is 11.3. The number of anilines is 1. The molecule has 2 amide bonds. The molecular formula is C15H19N3O2. The number of amides is 2. The number of rotatable bonds is 4. The number of carbonyl (C=O) groups excluding carboxylic acids is 2. The summed E-state index contributed by atoms with van der Waals surface area (Å²) in [5.74, 6) is -0.206. The molecule has 1 aliphatic carbocycles. The summed E-state index contributed by atoms with van der Waals surface area (Å²) in [5.41, 5.74) is 2.25. The van der Waals surface area contributed by atoms with Gasteiger partial charge in [0, 0.05) is 11.7 Å². The summed E-state index contributed by atoms with van der Waals surface area (Å²) in [4.78, 5) is 23.6. The molecule has 1 atom stereocenters. The van der Waals surface area contributed by atoms with Crippen LogP contribution in [0.2, 0.25) is 0 Å². The summed E-state index contributed by atoms with van der Waals surface area (Å²) in [5, 5.41) is 8.79. The molecule has 0 spiro atoms. The standard InChI is InChI=1S/C15H19N3O2/c19-14(17-11-6-7-11)9-16-15(20)13-8-5-10-3-1-2-4-12(10)18-13/h1-4,11,13,18H,5-9H2,(H,16,20)(H,17,19). The van der Waals surface area contributed by atoms with Gasteiger partial charge in [-0.25, -0.2) is 0 Å². The Bertz CT molecular complexity index is 526. The highest BCUT2D eigenvalue weighted by Crippen LogP contribution is 2.24. The minimum atomic E-state index is -0.251. The maximum Gasteiger partial charge on any atom is 0.242 e. The number of hydrogen-bond acceptors (Lipinski definition) is 3. The molecule has 20 heavy (non-hydrogen) atoms. The van der Waals surface area contributed by atoms with Gasteiger partial charge in [-0.15, -0.1) is 0 Å². The zero-order valence-electron chi connectivity index (χ0n) is 11.3. The van der Waals surface area contributed by atoms with Crippen molar-refractivity contribution in [1.82, 2.24) is 10.6 Å². The van der Waals surface area contributed by atoms with Crippen LogP contribution >= 0.6 is 0 Å². The van der Waals surface area contributed by atoms with E-state index >= 15 is 0 Å². The fourth-order valence-corrected chi connectivity index (χ4v) is 2.43. The predicted molar refractivity (Wildman–Crippen MR) is 76.3 cm³/mol. The molecule has 2 aliphatic rings. The van der Waals surface area contributed by atoms with E-state index in [1.165, 1.54) is 5.56 Å². The first-order valence-corrected chi connectivity index (χ1v) is 7.14. The number of aryl methyl sites for hydroxylation is 1. The minimum Gasteiger partial charge on any atom is -0.373 e. The fourth-order valence-electron chi connectivity index (χ4n) is 2.43. The molecule has 5 heteroatoms. The molecule has 0 saturated heterocycles. The normalized spacial score (nSPS) is 20.5. The molecule has 5 nitrogen and oxygen atoms in total. The maximum atomic E-state index is 12.1. The lowest BCUT2D eigenvalue weighted by Gasteiger charge is -2.26. The average molecular weight is 273 g/mol. The number of hydrogen-bond donors (Lipinski definition) is 3. The van der Waals surface area contributed by atoms with Gasteiger partial charge in [-0.1, -0.05) is 18.2 Å². The summed E-state index contributed by atoms with van der Waals surface area (Å²) >= 11 is 0. The van der Waals surface area contributed by atoms with E-state index < -0.39 is 0 Å². The lowest BCUT2D eigenvalue weighted by Crippen LogP contribution is -2.45. The van der Waals surface area contributed by atoms with Crippen LogP contribution in [0.3, 0.4) is 0 Å². The van der Waals surface area contributed by atoms with Gasteiger partial charge in [-0.05, 0) is 37.3 Å². The van der Waals surface area contributed by atoms with Crippen molar-refractivity contribution in [3.63, 3.8) is 0 Å². The van der Waals surface area contributed by atoms with Crippen LogP contribution in [0.1, 0.15) is 24.8 Å². The Morgan fingerprint density at radius 3 is 2.80 bits per heavy atom. The van der Waals surface area contributed by atoms with Gasteiger partial charge in [0.05, 0.1) is 6.54 Å². The number of para-hydroxylation sites is 1. The third-order valence-corrected chi connectivity index (χ3v) is 3.73. The quantitative estimate of drug-likeness (QED) is 0.760. The molecule has 1 aliphatic heterocycles. The van der Waals surface area contributed by atoms with Crippen molar-refractivity contribution < 1.29 is 9.59 Å². The molecule has 0 radical (unpaired) electrons. The number of fused-ring (bicyclic) bond motifs is 1. The molecule has 106 valence electrons.